The number of sulfonamides is 1. The first-order valence-electron chi connectivity index (χ1n) is 5.61. The monoisotopic (exact) mass is 304 g/mol. The molecule has 1 rings (SSSR count). The molecule has 0 saturated carbocycles. The first-order valence-corrected chi connectivity index (χ1v) is 7.58. The van der Waals surface area contributed by atoms with Crippen LogP contribution in [-0.2, 0) is 20.7 Å². The Kier molecular flexibility index (Phi) is 5.34. The zero-order valence-corrected chi connectivity index (χ0v) is 12.7. The van der Waals surface area contributed by atoms with Crippen LogP contribution in [0.2, 0.25) is 0 Å². The van der Waals surface area contributed by atoms with Crippen molar-refractivity contribution >= 4 is 27.5 Å². The van der Waals surface area contributed by atoms with Gasteiger partial charge in [-0.15, -0.1) is 11.6 Å². The molecule has 7 heteroatoms. The molecule has 5 nitrogen and oxygen atoms in total. The summed E-state index contributed by atoms with van der Waals surface area (Å²) in [4.78, 5) is 13.1. The van der Waals surface area contributed by atoms with Crippen LogP contribution in [0.25, 0.3) is 0 Å². The lowest BCUT2D eigenvalue weighted by atomic mass is 10.2. The van der Waals surface area contributed by atoms with Crippen LogP contribution >= 0.6 is 11.6 Å². The van der Waals surface area contributed by atoms with Gasteiger partial charge in [0.05, 0.1) is 11.4 Å². The van der Waals surface area contributed by atoms with E-state index in [0.717, 1.165) is 4.31 Å². The highest BCUT2D eigenvalue weighted by molar-refractivity contribution is 7.89. The van der Waals surface area contributed by atoms with Crippen LogP contribution in [0.5, 0.6) is 0 Å². The number of carbonyl (C=O) groups excluding carboxylic acids is 1. The molecule has 0 radical (unpaired) electrons. The van der Waals surface area contributed by atoms with E-state index in [2.05, 4.69) is 0 Å². The predicted molar refractivity (Wildman–Crippen MR) is 74.5 cm³/mol. The summed E-state index contributed by atoms with van der Waals surface area (Å²) in [7, 11) is 0.826. The number of halogens is 1. The molecule has 0 aliphatic carbocycles. The first kappa shape index (κ1) is 15.9. The Morgan fingerprint density at radius 3 is 2.32 bits per heavy atom. The molecule has 1 aromatic rings. The number of likely N-dealkylation sites (N-methyl/N-ethyl adjacent to an activating group) is 2. The molecule has 0 aromatic heterocycles. The average Bonchev–Trinajstić information content (AvgIpc) is 2.38. The van der Waals surface area contributed by atoms with Gasteiger partial charge in [-0.3, -0.25) is 4.79 Å². The van der Waals surface area contributed by atoms with Gasteiger partial charge in [0.15, 0.2) is 0 Å². The van der Waals surface area contributed by atoms with Crippen molar-refractivity contribution in [2.75, 3.05) is 27.7 Å². The minimum absolute atomic E-state index is 0.102. The molecular weight excluding hydrogens is 288 g/mol. The van der Waals surface area contributed by atoms with Gasteiger partial charge < -0.3 is 4.90 Å². The first-order chi connectivity index (χ1) is 8.80. The Hall–Kier alpha value is -1.11. The largest absolute Gasteiger partial charge is 0.348 e. The van der Waals surface area contributed by atoms with E-state index in [1.54, 1.807) is 32.3 Å². The summed E-state index contributed by atoms with van der Waals surface area (Å²) in [5.41, 5.74) is 0.522. The number of nitrogens with zero attached hydrogens (tertiary/aromatic N) is 2. The van der Waals surface area contributed by atoms with Crippen LogP contribution in [-0.4, -0.2) is 51.2 Å². The van der Waals surface area contributed by atoms with Gasteiger partial charge in [-0.05, 0) is 11.6 Å². The van der Waals surface area contributed by atoms with Crippen LogP contribution in [0, 0.1) is 0 Å². The number of rotatable bonds is 5. The third-order valence-corrected chi connectivity index (χ3v) is 4.85. The van der Waals surface area contributed by atoms with Crippen LogP contribution in [0.1, 0.15) is 5.56 Å². The molecule has 19 heavy (non-hydrogen) atoms. The van der Waals surface area contributed by atoms with Crippen molar-refractivity contribution in [1.82, 2.24) is 9.21 Å². The number of benzene rings is 1. The fourth-order valence-electron chi connectivity index (χ4n) is 1.45. The zero-order valence-electron chi connectivity index (χ0n) is 11.1. The average molecular weight is 305 g/mol. The van der Waals surface area contributed by atoms with Crippen molar-refractivity contribution in [1.29, 1.82) is 0 Å². The fraction of sp³-hybridized carbons (Fsp3) is 0.417. The lowest BCUT2D eigenvalue weighted by Crippen LogP contribution is -2.38. The summed E-state index contributed by atoms with van der Waals surface area (Å²) in [5, 5.41) is 0. The molecule has 0 aliphatic rings. The van der Waals surface area contributed by atoms with Gasteiger partial charge in [0.25, 0.3) is 0 Å². The molecule has 1 amide bonds. The molecule has 1 aromatic carbocycles. The maximum atomic E-state index is 12.4. The smallest absolute Gasteiger partial charge is 0.243 e. The van der Waals surface area contributed by atoms with Crippen molar-refractivity contribution in [3.63, 3.8) is 0 Å². The maximum absolute atomic E-state index is 12.4. The summed E-state index contributed by atoms with van der Waals surface area (Å²) in [5.74, 6) is -0.181. The van der Waals surface area contributed by atoms with E-state index < -0.39 is 10.0 Å². The predicted octanol–water partition coefficient (Wildman–Crippen LogP) is 1.13. The number of amides is 1. The van der Waals surface area contributed by atoms with Crippen LogP contribution in [0.15, 0.2) is 29.2 Å². The van der Waals surface area contributed by atoms with Crippen molar-refractivity contribution in [2.45, 2.75) is 10.8 Å². The van der Waals surface area contributed by atoms with Gasteiger partial charge in [-0.2, -0.15) is 4.31 Å². The Morgan fingerprint density at radius 1 is 1.21 bits per heavy atom. The van der Waals surface area contributed by atoms with Crippen molar-refractivity contribution in [2.24, 2.45) is 0 Å². The molecule has 0 atom stereocenters. The third kappa shape index (κ3) is 3.68. The van der Waals surface area contributed by atoms with Gasteiger partial charge in [0.1, 0.15) is 0 Å². The molecular formula is C12H17ClN2O3S. The minimum Gasteiger partial charge on any atom is -0.348 e. The molecule has 0 heterocycles. The Balaban J connectivity index is 3.07. The molecule has 0 N–H and O–H groups in total. The van der Waals surface area contributed by atoms with Gasteiger partial charge in [0, 0.05) is 27.0 Å². The molecule has 0 unspecified atom stereocenters. The van der Waals surface area contributed by atoms with E-state index in [-0.39, 0.29) is 23.2 Å². The molecule has 106 valence electrons. The third-order valence-electron chi connectivity index (χ3n) is 2.66. The SMILES string of the molecule is CN(C)C(=O)CN(C)S(=O)(=O)c1ccccc1CCl. The summed E-state index contributed by atoms with van der Waals surface area (Å²) < 4.78 is 25.8. The zero-order chi connectivity index (χ0) is 14.6. The van der Waals surface area contributed by atoms with Gasteiger partial charge >= 0.3 is 0 Å². The van der Waals surface area contributed by atoms with E-state index in [1.807, 2.05) is 0 Å². The van der Waals surface area contributed by atoms with Gasteiger partial charge in [-0.1, -0.05) is 18.2 Å². The second-order valence-electron chi connectivity index (χ2n) is 4.29. The number of carbonyl (C=O) groups is 1. The second-order valence-corrected chi connectivity index (χ2v) is 6.57. The van der Waals surface area contributed by atoms with E-state index in [0.29, 0.717) is 5.56 Å². The van der Waals surface area contributed by atoms with E-state index in [1.165, 1.54) is 18.0 Å². The summed E-state index contributed by atoms with van der Waals surface area (Å²) in [6, 6.07) is 6.50. The molecule has 0 aliphatic heterocycles. The maximum Gasteiger partial charge on any atom is 0.243 e. The lowest BCUT2D eigenvalue weighted by molar-refractivity contribution is -0.128. The highest BCUT2D eigenvalue weighted by atomic mass is 35.5. The molecule has 0 bridgehead atoms. The summed E-state index contributed by atoms with van der Waals surface area (Å²) in [6.45, 7) is -0.202. The quantitative estimate of drug-likeness (QED) is 0.766. The van der Waals surface area contributed by atoms with Crippen molar-refractivity contribution in [3.8, 4) is 0 Å². The van der Waals surface area contributed by atoms with Gasteiger partial charge in [-0.25, -0.2) is 8.42 Å². The highest BCUT2D eigenvalue weighted by Gasteiger charge is 2.25. The normalized spacial score (nSPS) is 11.6. The van der Waals surface area contributed by atoms with Gasteiger partial charge in [0.2, 0.25) is 15.9 Å². The van der Waals surface area contributed by atoms with E-state index >= 15 is 0 Å². The van der Waals surface area contributed by atoms with Crippen molar-refractivity contribution in [3.05, 3.63) is 29.8 Å². The topological polar surface area (TPSA) is 57.7 Å². The Morgan fingerprint density at radius 2 is 1.79 bits per heavy atom. The van der Waals surface area contributed by atoms with E-state index in [9.17, 15) is 13.2 Å². The summed E-state index contributed by atoms with van der Waals surface area (Å²) >= 11 is 5.74. The number of hydrogen-bond acceptors (Lipinski definition) is 3. The Bertz CT molecular complexity index is 558. The summed E-state index contributed by atoms with van der Waals surface area (Å²) in [6.07, 6.45) is 0. The van der Waals surface area contributed by atoms with Crippen molar-refractivity contribution < 1.29 is 13.2 Å². The second kappa shape index (κ2) is 6.36. The minimum atomic E-state index is -3.71. The standard InChI is InChI=1S/C12H17ClN2O3S/c1-14(2)12(16)9-15(3)19(17,18)11-7-5-4-6-10(11)8-13/h4-7H,8-9H2,1-3H3. The number of hydrogen-bond donors (Lipinski definition) is 0. The number of alkyl halides is 1. The highest BCUT2D eigenvalue weighted by Crippen LogP contribution is 2.20. The van der Waals surface area contributed by atoms with Crippen LogP contribution in [0.4, 0.5) is 0 Å². The van der Waals surface area contributed by atoms with E-state index in [4.69, 9.17) is 11.6 Å². The molecule has 0 fully saturated rings. The van der Waals surface area contributed by atoms with Crippen LogP contribution < -0.4 is 0 Å². The molecule has 0 spiro atoms. The Labute approximate surface area is 118 Å². The lowest BCUT2D eigenvalue weighted by Gasteiger charge is -2.20. The fourth-order valence-corrected chi connectivity index (χ4v) is 3.10. The molecule has 0 saturated heterocycles. The van der Waals surface area contributed by atoms with Crippen LogP contribution in [0.3, 0.4) is 0 Å².